The summed E-state index contributed by atoms with van der Waals surface area (Å²) in [6.45, 7) is 1.37. The summed E-state index contributed by atoms with van der Waals surface area (Å²) in [5.74, 6) is 2.76. The Kier molecular flexibility index (Phi) is 3.12. The third-order valence-corrected chi connectivity index (χ3v) is 2.12. The third-order valence-electron chi connectivity index (χ3n) is 2.12. The average Bonchev–Trinajstić information content (AvgIpc) is 2.07. The third kappa shape index (κ3) is 2.24. The fraction of sp³-hybridized carbons (Fsp3) is 0.667. The van der Waals surface area contributed by atoms with Gasteiger partial charge in [0.25, 0.3) is 0 Å². The maximum atomic E-state index is 11.1. The molecular weight excluding hydrogens is 152 g/mol. The minimum absolute atomic E-state index is 0.230. The zero-order valence-corrected chi connectivity index (χ0v) is 7.34. The van der Waals surface area contributed by atoms with E-state index in [9.17, 15) is 4.79 Å². The Morgan fingerprint density at radius 1 is 1.83 bits per heavy atom. The molecule has 12 heavy (non-hydrogen) atoms. The van der Waals surface area contributed by atoms with Gasteiger partial charge in [-0.2, -0.15) is 0 Å². The molecule has 1 aliphatic rings. The lowest BCUT2D eigenvalue weighted by Crippen LogP contribution is -2.46. The number of nitrogens with one attached hydrogen (secondary N) is 1. The molecule has 1 amide bonds. The number of terminal acetylenes is 1. The maximum Gasteiger partial charge on any atom is 0.222 e. The second-order valence-electron chi connectivity index (χ2n) is 3.09. The fourth-order valence-electron chi connectivity index (χ4n) is 1.38. The molecule has 0 aromatic rings. The van der Waals surface area contributed by atoms with E-state index >= 15 is 0 Å². The van der Waals surface area contributed by atoms with Crippen LogP contribution in [0.15, 0.2) is 0 Å². The lowest BCUT2D eigenvalue weighted by atomic mass is 10.1. The van der Waals surface area contributed by atoms with Crippen molar-refractivity contribution >= 4 is 5.91 Å². The topological polar surface area (TPSA) is 32.3 Å². The largest absolute Gasteiger partial charge is 0.344 e. The van der Waals surface area contributed by atoms with Gasteiger partial charge in [0.15, 0.2) is 0 Å². The number of likely N-dealkylation sites (tertiary alicyclic amines) is 1. The summed E-state index contributed by atoms with van der Waals surface area (Å²) < 4.78 is 0. The smallest absolute Gasteiger partial charge is 0.222 e. The van der Waals surface area contributed by atoms with Crippen LogP contribution in [0.2, 0.25) is 0 Å². The molecule has 1 rings (SSSR count). The van der Waals surface area contributed by atoms with E-state index in [4.69, 9.17) is 6.42 Å². The van der Waals surface area contributed by atoms with Crippen molar-refractivity contribution in [2.75, 3.05) is 20.1 Å². The van der Waals surface area contributed by atoms with Gasteiger partial charge in [0.2, 0.25) is 5.91 Å². The molecule has 0 aromatic carbocycles. The highest BCUT2D eigenvalue weighted by atomic mass is 16.2. The van der Waals surface area contributed by atoms with Crippen LogP contribution < -0.4 is 5.32 Å². The SMILES string of the molecule is C#CCNC1CCC(=O)N(C)C1. The molecule has 3 heteroatoms. The van der Waals surface area contributed by atoms with Crippen molar-refractivity contribution in [1.29, 1.82) is 0 Å². The standard InChI is InChI=1S/C9H14N2O/c1-3-6-10-8-4-5-9(12)11(2)7-8/h1,8,10H,4-7H2,2H3. The van der Waals surface area contributed by atoms with E-state index in [0.29, 0.717) is 19.0 Å². The van der Waals surface area contributed by atoms with E-state index in [2.05, 4.69) is 11.2 Å². The van der Waals surface area contributed by atoms with E-state index < -0.39 is 0 Å². The molecule has 0 aromatic heterocycles. The van der Waals surface area contributed by atoms with Gasteiger partial charge in [0.05, 0.1) is 6.54 Å². The summed E-state index contributed by atoms with van der Waals surface area (Å²) in [7, 11) is 1.83. The van der Waals surface area contributed by atoms with Gasteiger partial charge in [-0.05, 0) is 6.42 Å². The summed E-state index contributed by atoms with van der Waals surface area (Å²) >= 11 is 0. The second kappa shape index (κ2) is 4.13. The molecule has 0 radical (unpaired) electrons. The highest BCUT2D eigenvalue weighted by molar-refractivity contribution is 5.76. The molecule has 1 fully saturated rings. The minimum atomic E-state index is 0.230. The Morgan fingerprint density at radius 3 is 3.17 bits per heavy atom. The summed E-state index contributed by atoms with van der Waals surface area (Å²) in [4.78, 5) is 12.8. The van der Waals surface area contributed by atoms with Crippen molar-refractivity contribution in [3.63, 3.8) is 0 Å². The van der Waals surface area contributed by atoms with Gasteiger partial charge >= 0.3 is 0 Å². The number of hydrogen-bond acceptors (Lipinski definition) is 2. The second-order valence-corrected chi connectivity index (χ2v) is 3.09. The lowest BCUT2D eigenvalue weighted by Gasteiger charge is -2.29. The Balaban J connectivity index is 2.31. The van der Waals surface area contributed by atoms with Crippen molar-refractivity contribution in [3.05, 3.63) is 0 Å². The Bertz CT molecular complexity index is 207. The maximum absolute atomic E-state index is 11.1. The zero-order valence-electron chi connectivity index (χ0n) is 7.34. The normalized spacial score (nSPS) is 23.8. The molecule has 0 spiro atoms. The van der Waals surface area contributed by atoms with Gasteiger partial charge in [0, 0.05) is 26.1 Å². The first-order chi connectivity index (χ1) is 5.74. The molecule has 1 N–H and O–H groups in total. The number of nitrogens with zero attached hydrogens (tertiary/aromatic N) is 1. The van der Waals surface area contributed by atoms with E-state index in [1.165, 1.54) is 0 Å². The van der Waals surface area contributed by atoms with Crippen LogP contribution in [-0.4, -0.2) is 37.0 Å². The van der Waals surface area contributed by atoms with Gasteiger partial charge in [-0.15, -0.1) is 6.42 Å². The summed E-state index contributed by atoms with van der Waals surface area (Å²) in [5.41, 5.74) is 0. The Morgan fingerprint density at radius 2 is 2.58 bits per heavy atom. The van der Waals surface area contributed by atoms with Gasteiger partial charge in [-0.25, -0.2) is 0 Å². The monoisotopic (exact) mass is 166 g/mol. The van der Waals surface area contributed by atoms with Crippen molar-refractivity contribution < 1.29 is 4.79 Å². The Labute approximate surface area is 73.1 Å². The van der Waals surface area contributed by atoms with Crippen LogP contribution in [0.1, 0.15) is 12.8 Å². The molecule has 1 unspecified atom stereocenters. The molecule has 0 saturated carbocycles. The fourth-order valence-corrected chi connectivity index (χ4v) is 1.38. The van der Waals surface area contributed by atoms with Crippen LogP contribution in [-0.2, 0) is 4.79 Å². The molecule has 1 saturated heterocycles. The van der Waals surface area contributed by atoms with E-state index in [1.807, 2.05) is 7.05 Å². The molecule has 0 aliphatic carbocycles. The van der Waals surface area contributed by atoms with E-state index in [0.717, 1.165) is 13.0 Å². The number of carbonyl (C=O) groups excluding carboxylic acids is 1. The average molecular weight is 166 g/mol. The van der Waals surface area contributed by atoms with Crippen molar-refractivity contribution in [3.8, 4) is 12.3 Å². The molecule has 3 nitrogen and oxygen atoms in total. The summed E-state index contributed by atoms with van der Waals surface area (Å²) in [6.07, 6.45) is 6.66. The predicted molar refractivity (Wildman–Crippen MR) is 47.5 cm³/mol. The molecular formula is C9H14N2O. The quantitative estimate of drug-likeness (QED) is 0.578. The van der Waals surface area contributed by atoms with Crippen molar-refractivity contribution in [1.82, 2.24) is 10.2 Å². The molecule has 0 bridgehead atoms. The summed E-state index contributed by atoms with van der Waals surface area (Å²) in [6, 6.07) is 0.378. The van der Waals surface area contributed by atoms with Crippen LogP contribution in [0.3, 0.4) is 0 Å². The number of rotatable bonds is 2. The van der Waals surface area contributed by atoms with Crippen LogP contribution in [0.5, 0.6) is 0 Å². The first-order valence-electron chi connectivity index (χ1n) is 4.15. The number of piperidine rings is 1. The van der Waals surface area contributed by atoms with Crippen LogP contribution >= 0.6 is 0 Å². The van der Waals surface area contributed by atoms with Gasteiger partial charge < -0.3 is 10.2 Å². The zero-order chi connectivity index (χ0) is 8.97. The molecule has 1 atom stereocenters. The van der Waals surface area contributed by atoms with Crippen molar-refractivity contribution in [2.45, 2.75) is 18.9 Å². The molecule has 66 valence electrons. The number of likely N-dealkylation sites (N-methyl/N-ethyl adjacent to an activating group) is 1. The van der Waals surface area contributed by atoms with Gasteiger partial charge in [-0.1, -0.05) is 5.92 Å². The van der Waals surface area contributed by atoms with Crippen LogP contribution in [0.25, 0.3) is 0 Å². The van der Waals surface area contributed by atoms with Crippen LogP contribution in [0, 0.1) is 12.3 Å². The van der Waals surface area contributed by atoms with E-state index in [-0.39, 0.29) is 5.91 Å². The lowest BCUT2D eigenvalue weighted by molar-refractivity contribution is -0.132. The predicted octanol–water partition coefficient (Wildman–Crippen LogP) is -0.170. The van der Waals surface area contributed by atoms with Gasteiger partial charge in [0.1, 0.15) is 0 Å². The molecule has 1 aliphatic heterocycles. The number of hydrogen-bond donors (Lipinski definition) is 1. The Hall–Kier alpha value is -1.01. The van der Waals surface area contributed by atoms with Crippen molar-refractivity contribution in [2.24, 2.45) is 0 Å². The number of carbonyl (C=O) groups is 1. The summed E-state index contributed by atoms with van der Waals surface area (Å²) in [5, 5.41) is 3.19. The van der Waals surface area contributed by atoms with E-state index in [1.54, 1.807) is 4.90 Å². The van der Waals surface area contributed by atoms with Gasteiger partial charge in [-0.3, -0.25) is 4.79 Å². The first-order valence-corrected chi connectivity index (χ1v) is 4.15. The first kappa shape index (κ1) is 9.08. The highest BCUT2D eigenvalue weighted by Gasteiger charge is 2.21. The van der Waals surface area contributed by atoms with Crippen LogP contribution in [0.4, 0.5) is 0 Å². The molecule has 1 heterocycles. The highest BCUT2D eigenvalue weighted by Crippen LogP contribution is 2.08. The number of amides is 1. The minimum Gasteiger partial charge on any atom is -0.344 e.